The van der Waals surface area contributed by atoms with E-state index in [9.17, 15) is 14.5 Å². The van der Waals surface area contributed by atoms with E-state index in [0.717, 1.165) is 6.54 Å². The van der Waals surface area contributed by atoms with Crippen LogP contribution >= 0.6 is 0 Å². The van der Waals surface area contributed by atoms with Crippen LogP contribution in [0.4, 0.5) is 10.1 Å². The van der Waals surface area contributed by atoms with Gasteiger partial charge in [-0.2, -0.15) is 0 Å². The van der Waals surface area contributed by atoms with Gasteiger partial charge in [-0.15, -0.1) is 0 Å². The predicted octanol–water partition coefficient (Wildman–Crippen LogP) is 3.64. The molecule has 1 N–H and O–H groups in total. The summed E-state index contributed by atoms with van der Waals surface area (Å²) < 4.78 is 19.0. The van der Waals surface area contributed by atoms with Crippen LogP contribution in [0.25, 0.3) is 0 Å². The fourth-order valence-corrected chi connectivity index (χ4v) is 1.81. The minimum atomic E-state index is -0.474. The van der Waals surface area contributed by atoms with Crippen molar-refractivity contribution in [3.63, 3.8) is 0 Å². The molecule has 6 heteroatoms. The lowest BCUT2D eigenvalue weighted by atomic mass is 10.2. The summed E-state index contributed by atoms with van der Waals surface area (Å²) in [5.74, 6) is 0.648. The fourth-order valence-electron chi connectivity index (χ4n) is 1.81. The van der Waals surface area contributed by atoms with Crippen LogP contribution in [0.3, 0.4) is 0 Å². The molecule has 0 aliphatic carbocycles. The lowest BCUT2D eigenvalue weighted by Gasteiger charge is -2.11. The Labute approximate surface area is 121 Å². The highest BCUT2D eigenvalue weighted by atomic mass is 19.1. The number of nitrogens with one attached hydrogen (secondary N) is 1. The number of nitro groups is 1. The summed E-state index contributed by atoms with van der Waals surface area (Å²) in [5.41, 5.74) is 0.685. The molecule has 2 aromatic carbocycles. The molecule has 0 atom stereocenters. The van der Waals surface area contributed by atoms with Gasteiger partial charge in [0.2, 0.25) is 0 Å². The van der Waals surface area contributed by atoms with Crippen molar-refractivity contribution in [2.45, 2.75) is 13.5 Å². The van der Waals surface area contributed by atoms with Crippen molar-refractivity contribution in [1.29, 1.82) is 0 Å². The van der Waals surface area contributed by atoms with Gasteiger partial charge >= 0.3 is 0 Å². The van der Waals surface area contributed by atoms with Crippen molar-refractivity contribution in [2.75, 3.05) is 6.54 Å². The summed E-state index contributed by atoms with van der Waals surface area (Å²) in [7, 11) is 0. The molecule has 2 aromatic rings. The Hall–Kier alpha value is -2.47. The van der Waals surface area contributed by atoms with Crippen LogP contribution in [0.15, 0.2) is 42.5 Å². The van der Waals surface area contributed by atoms with Crippen molar-refractivity contribution in [2.24, 2.45) is 0 Å². The summed E-state index contributed by atoms with van der Waals surface area (Å²) >= 11 is 0. The number of hydrogen-bond acceptors (Lipinski definition) is 4. The van der Waals surface area contributed by atoms with Gasteiger partial charge in [0.05, 0.1) is 4.92 Å². The summed E-state index contributed by atoms with van der Waals surface area (Å²) in [5, 5.41) is 13.7. The zero-order valence-electron chi connectivity index (χ0n) is 11.5. The van der Waals surface area contributed by atoms with Gasteiger partial charge in [-0.1, -0.05) is 6.92 Å². The number of non-ortho nitro benzene ring substituents is 1. The molecule has 5 nitrogen and oxygen atoms in total. The molecule has 21 heavy (non-hydrogen) atoms. The zero-order valence-corrected chi connectivity index (χ0v) is 11.5. The van der Waals surface area contributed by atoms with Crippen molar-refractivity contribution in [1.82, 2.24) is 5.32 Å². The molecule has 0 aromatic heterocycles. The fraction of sp³-hybridized carbons (Fsp3) is 0.200. The van der Waals surface area contributed by atoms with Crippen LogP contribution in [0.1, 0.15) is 12.5 Å². The Kier molecular flexibility index (Phi) is 4.84. The molecular weight excluding hydrogens is 275 g/mol. The highest BCUT2D eigenvalue weighted by molar-refractivity contribution is 5.41. The van der Waals surface area contributed by atoms with Gasteiger partial charge < -0.3 is 10.1 Å². The smallest absolute Gasteiger partial charge is 0.269 e. The van der Waals surface area contributed by atoms with Gasteiger partial charge in [0, 0.05) is 24.2 Å². The van der Waals surface area contributed by atoms with Crippen molar-refractivity contribution >= 4 is 5.69 Å². The maximum Gasteiger partial charge on any atom is 0.269 e. The van der Waals surface area contributed by atoms with Gasteiger partial charge in [0.25, 0.3) is 5.69 Å². The first-order valence-corrected chi connectivity index (χ1v) is 6.51. The standard InChI is InChI=1S/C15H15FN2O3/c1-2-17-10-11-9-12(16)3-8-15(11)21-14-6-4-13(5-7-14)18(19)20/h3-9,17H,2,10H2,1H3. The topological polar surface area (TPSA) is 64.4 Å². The van der Waals surface area contributed by atoms with Crippen LogP contribution in [0.2, 0.25) is 0 Å². The Balaban J connectivity index is 2.19. The third-order valence-corrected chi connectivity index (χ3v) is 2.86. The number of rotatable bonds is 6. The maximum atomic E-state index is 13.3. The van der Waals surface area contributed by atoms with E-state index < -0.39 is 4.92 Å². The van der Waals surface area contributed by atoms with E-state index in [0.29, 0.717) is 23.6 Å². The van der Waals surface area contributed by atoms with E-state index >= 15 is 0 Å². The first kappa shape index (κ1) is 14.9. The van der Waals surface area contributed by atoms with E-state index in [4.69, 9.17) is 4.74 Å². The van der Waals surface area contributed by atoms with Crippen LogP contribution < -0.4 is 10.1 Å². The van der Waals surface area contributed by atoms with Crippen molar-refractivity contribution in [3.8, 4) is 11.5 Å². The van der Waals surface area contributed by atoms with E-state index in [1.165, 1.54) is 36.4 Å². The lowest BCUT2D eigenvalue weighted by molar-refractivity contribution is -0.384. The average molecular weight is 290 g/mol. The molecule has 0 spiro atoms. The van der Waals surface area contributed by atoms with Gasteiger partial charge in [-0.05, 0) is 36.9 Å². The second kappa shape index (κ2) is 6.81. The van der Waals surface area contributed by atoms with Gasteiger partial charge in [-0.25, -0.2) is 4.39 Å². The predicted molar refractivity (Wildman–Crippen MR) is 77.0 cm³/mol. The van der Waals surface area contributed by atoms with E-state index in [1.807, 2.05) is 6.92 Å². The molecule has 0 aliphatic heterocycles. The maximum absolute atomic E-state index is 13.3. The summed E-state index contributed by atoms with van der Waals surface area (Å²) in [4.78, 5) is 10.1. The molecule has 0 radical (unpaired) electrons. The van der Waals surface area contributed by atoms with E-state index in [2.05, 4.69) is 5.32 Å². The normalized spacial score (nSPS) is 10.4. The van der Waals surface area contributed by atoms with Crippen molar-refractivity contribution < 1.29 is 14.1 Å². The molecule has 0 amide bonds. The molecule has 0 heterocycles. The summed E-state index contributed by atoms with van der Waals surface area (Å²) in [6.07, 6.45) is 0. The third kappa shape index (κ3) is 4.00. The van der Waals surface area contributed by atoms with Gasteiger partial charge in [0.15, 0.2) is 0 Å². The zero-order chi connectivity index (χ0) is 15.2. The average Bonchev–Trinajstić information content (AvgIpc) is 2.48. The Bertz CT molecular complexity index is 629. The monoisotopic (exact) mass is 290 g/mol. The van der Waals surface area contributed by atoms with Crippen LogP contribution in [0.5, 0.6) is 11.5 Å². The van der Waals surface area contributed by atoms with E-state index in [1.54, 1.807) is 6.07 Å². The number of benzene rings is 2. The first-order valence-electron chi connectivity index (χ1n) is 6.51. The second-order valence-corrected chi connectivity index (χ2v) is 4.39. The Morgan fingerprint density at radius 3 is 2.57 bits per heavy atom. The number of nitro benzene ring substituents is 1. The minimum Gasteiger partial charge on any atom is -0.457 e. The highest BCUT2D eigenvalue weighted by Crippen LogP contribution is 2.27. The summed E-state index contributed by atoms with van der Waals surface area (Å²) in [6.45, 7) is 3.19. The second-order valence-electron chi connectivity index (χ2n) is 4.39. The molecule has 0 bridgehead atoms. The first-order chi connectivity index (χ1) is 10.1. The Morgan fingerprint density at radius 1 is 1.24 bits per heavy atom. The minimum absolute atomic E-state index is 0.00525. The molecular formula is C15H15FN2O3. The van der Waals surface area contributed by atoms with Crippen LogP contribution in [0, 0.1) is 15.9 Å². The SMILES string of the molecule is CCNCc1cc(F)ccc1Oc1ccc([N+](=O)[O-])cc1. The van der Waals surface area contributed by atoms with Gasteiger partial charge in [0.1, 0.15) is 17.3 Å². The number of halogens is 1. The van der Waals surface area contributed by atoms with Gasteiger partial charge in [-0.3, -0.25) is 10.1 Å². The van der Waals surface area contributed by atoms with Crippen LogP contribution in [-0.2, 0) is 6.54 Å². The molecule has 110 valence electrons. The highest BCUT2D eigenvalue weighted by Gasteiger charge is 2.08. The van der Waals surface area contributed by atoms with E-state index in [-0.39, 0.29) is 11.5 Å². The quantitative estimate of drug-likeness (QED) is 0.651. The molecule has 0 aliphatic rings. The number of nitrogens with zero attached hydrogens (tertiary/aromatic N) is 1. The molecule has 0 fully saturated rings. The molecule has 0 saturated carbocycles. The van der Waals surface area contributed by atoms with Crippen LogP contribution in [-0.4, -0.2) is 11.5 Å². The molecule has 0 saturated heterocycles. The number of ether oxygens (including phenoxy) is 1. The number of hydrogen-bond donors (Lipinski definition) is 1. The molecule has 0 unspecified atom stereocenters. The summed E-state index contributed by atoms with van der Waals surface area (Å²) in [6, 6.07) is 10.0. The lowest BCUT2D eigenvalue weighted by Crippen LogP contribution is -2.12. The Morgan fingerprint density at radius 2 is 1.95 bits per heavy atom. The largest absolute Gasteiger partial charge is 0.457 e. The third-order valence-electron chi connectivity index (χ3n) is 2.86. The van der Waals surface area contributed by atoms with Crippen molar-refractivity contribution in [3.05, 3.63) is 64.0 Å². The molecule has 2 rings (SSSR count).